The Balaban J connectivity index is 0.00000240. The molecular formula is C17H21F2IN6O3. The van der Waals surface area contributed by atoms with E-state index in [9.17, 15) is 8.78 Å². The number of hydrogen-bond acceptors (Lipinski definition) is 6. The van der Waals surface area contributed by atoms with Crippen LogP contribution in [0.4, 0.5) is 8.78 Å². The van der Waals surface area contributed by atoms with Crippen molar-refractivity contribution in [1.29, 1.82) is 0 Å². The summed E-state index contributed by atoms with van der Waals surface area (Å²) < 4.78 is 42.7. The Morgan fingerprint density at radius 3 is 2.76 bits per heavy atom. The van der Waals surface area contributed by atoms with Crippen molar-refractivity contribution in [2.24, 2.45) is 4.99 Å². The molecule has 0 spiro atoms. The molecule has 158 valence electrons. The van der Waals surface area contributed by atoms with E-state index in [-0.39, 0.29) is 43.1 Å². The van der Waals surface area contributed by atoms with Crippen LogP contribution in [0.15, 0.2) is 17.1 Å². The molecule has 0 unspecified atom stereocenters. The van der Waals surface area contributed by atoms with E-state index in [0.29, 0.717) is 29.6 Å². The van der Waals surface area contributed by atoms with Gasteiger partial charge in [-0.2, -0.15) is 8.78 Å². The van der Waals surface area contributed by atoms with Gasteiger partial charge in [0.25, 0.3) is 0 Å². The Morgan fingerprint density at radius 1 is 1.24 bits per heavy atom. The minimum atomic E-state index is -2.94. The first-order chi connectivity index (χ1) is 13.6. The quantitative estimate of drug-likeness (QED) is 0.341. The van der Waals surface area contributed by atoms with E-state index in [1.807, 2.05) is 0 Å². The van der Waals surface area contributed by atoms with Crippen molar-refractivity contribution >= 4 is 29.9 Å². The van der Waals surface area contributed by atoms with Gasteiger partial charge in [-0.05, 0) is 12.5 Å². The average molecular weight is 522 g/mol. The van der Waals surface area contributed by atoms with Crippen LogP contribution in [0.2, 0.25) is 0 Å². The average Bonchev–Trinajstić information content (AvgIpc) is 3.38. The number of aliphatic imine (C=N–C) groups is 1. The second-order valence-electron chi connectivity index (χ2n) is 6.26. The predicted molar refractivity (Wildman–Crippen MR) is 110 cm³/mol. The fourth-order valence-corrected chi connectivity index (χ4v) is 3.21. The maximum atomic E-state index is 12.7. The molecule has 9 nitrogen and oxygen atoms in total. The smallest absolute Gasteiger partial charge is 0.387 e. The van der Waals surface area contributed by atoms with Gasteiger partial charge in [-0.1, -0.05) is 0 Å². The number of halogens is 3. The van der Waals surface area contributed by atoms with E-state index in [2.05, 4.69) is 35.1 Å². The van der Waals surface area contributed by atoms with Crippen molar-refractivity contribution in [2.45, 2.75) is 39.1 Å². The lowest BCUT2D eigenvalue weighted by atomic mass is 10.1. The van der Waals surface area contributed by atoms with Gasteiger partial charge in [0.1, 0.15) is 11.6 Å². The number of hydrogen-bond donors (Lipinski definition) is 2. The van der Waals surface area contributed by atoms with Crippen molar-refractivity contribution in [3.63, 3.8) is 0 Å². The zero-order valence-corrected chi connectivity index (χ0v) is 18.0. The summed E-state index contributed by atoms with van der Waals surface area (Å²) in [7, 11) is 1.62. The lowest BCUT2D eigenvalue weighted by Gasteiger charge is -2.15. The Morgan fingerprint density at radius 2 is 2.00 bits per heavy atom. The highest BCUT2D eigenvalue weighted by atomic mass is 127. The number of aryl methyl sites for hydroxylation is 1. The van der Waals surface area contributed by atoms with Gasteiger partial charge in [-0.25, -0.2) is 0 Å². The fraction of sp³-hybridized carbons (Fsp3) is 0.471. The van der Waals surface area contributed by atoms with Crippen LogP contribution in [-0.4, -0.2) is 41.2 Å². The van der Waals surface area contributed by atoms with Gasteiger partial charge in [0.15, 0.2) is 23.3 Å². The van der Waals surface area contributed by atoms with Crippen LogP contribution in [-0.2, 0) is 26.1 Å². The van der Waals surface area contributed by atoms with Crippen molar-refractivity contribution in [3.8, 4) is 17.2 Å². The zero-order valence-electron chi connectivity index (χ0n) is 15.7. The molecule has 12 heteroatoms. The zero-order chi connectivity index (χ0) is 19.5. The number of aromatic nitrogens is 3. The third-order valence-electron chi connectivity index (χ3n) is 4.54. The highest BCUT2D eigenvalue weighted by Gasteiger charge is 2.21. The Labute approximate surface area is 182 Å². The molecule has 0 atom stereocenters. The summed E-state index contributed by atoms with van der Waals surface area (Å²) in [5.74, 6) is 3.21. The van der Waals surface area contributed by atoms with Gasteiger partial charge < -0.3 is 29.4 Å². The van der Waals surface area contributed by atoms with Crippen LogP contribution in [0, 0.1) is 0 Å². The van der Waals surface area contributed by atoms with Crippen molar-refractivity contribution in [1.82, 2.24) is 25.4 Å². The predicted octanol–water partition coefficient (Wildman–Crippen LogP) is 2.04. The number of benzene rings is 1. The number of guanidine groups is 1. The van der Waals surface area contributed by atoms with Gasteiger partial charge >= 0.3 is 6.61 Å². The minimum Gasteiger partial charge on any atom is -0.454 e. The van der Waals surface area contributed by atoms with Gasteiger partial charge in [-0.3, -0.25) is 4.99 Å². The van der Waals surface area contributed by atoms with Crippen LogP contribution in [0.25, 0.3) is 0 Å². The molecule has 4 rings (SSSR count). The topological polar surface area (TPSA) is 94.8 Å². The van der Waals surface area contributed by atoms with Crippen LogP contribution < -0.4 is 24.8 Å². The number of rotatable bonds is 6. The lowest BCUT2D eigenvalue weighted by Crippen LogP contribution is -2.37. The summed E-state index contributed by atoms with van der Waals surface area (Å²) >= 11 is 0. The molecule has 0 saturated heterocycles. The maximum Gasteiger partial charge on any atom is 0.387 e. The number of alkyl halides is 2. The number of nitrogens with one attached hydrogen (secondary N) is 2. The first kappa shape index (κ1) is 21.3. The van der Waals surface area contributed by atoms with Gasteiger partial charge in [0, 0.05) is 38.2 Å². The molecule has 0 fully saturated rings. The van der Waals surface area contributed by atoms with Crippen molar-refractivity contribution in [2.75, 3.05) is 13.8 Å². The number of nitrogens with zero attached hydrogens (tertiary/aromatic N) is 4. The summed E-state index contributed by atoms with van der Waals surface area (Å²) in [6.45, 7) is -1.32. The molecule has 0 radical (unpaired) electrons. The molecule has 2 aromatic rings. The Bertz CT molecular complexity index is 892. The molecular weight excluding hydrogens is 501 g/mol. The van der Waals surface area contributed by atoms with E-state index in [1.54, 1.807) is 13.1 Å². The number of fused-ring (bicyclic) bond motifs is 2. The molecule has 0 aliphatic carbocycles. The SMILES string of the molecule is CN=C(NCc1cc2c(cc1OC(F)F)OCO2)NCc1nnc2n1CCC2.I. The fourth-order valence-electron chi connectivity index (χ4n) is 3.21. The summed E-state index contributed by atoms with van der Waals surface area (Å²) in [5.41, 5.74) is 0.496. The Kier molecular flexibility index (Phi) is 6.92. The van der Waals surface area contributed by atoms with Gasteiger partial charge in [0.05, 0.1) is 6.54 Å². The highest BCUT2D eigenvalue weighted by Crippen LogP contribution is 2.38. The monoisotopic (exact) mass is 522 g/mol. The van der Waals surface area contributed by atoms with E-state index in [0.717, 1.165) is 31.0 Å². The standard InChI is InChI=1S/C17H20F2N6O3.HI/c1-20-17(22-8-15-24-23-14-3-2-4-25(14)15)21-7-10-5-12-13(27-9-26-12)6-11(10)28-16(18)19;/h5-6,16H,2-4,7-9H2,1H3,(H2,20,21,22);1H. The second-order valence-corrected chi connectivity index (χ2v) is 6.26. The van der Waals surface area contributed by atoms with Gasteiger partial charge in [-0.15, -0.1) is 34.2 Å². The first-order valence-electron chi connectivity index (χ1n) is 8.87. The van der Waals surface area contributed by atoms with E-state index in [1.165, 1.54) is 6.07 Å². The number of ether oxygens (including phenoxy) is 3. The molecule has 0 bridgehead atoms. The van der Waals surface area contributed by atoms with Crippen LogP contribution in [0.3, 0.4) is 0 Å². The van der Waals surface area contributed by atoms with E-state index < -0.39 is 6.61 Å². The Hall–Kier alpha value is -2.38. The summed E-state index contributed by atoms with van der Waals surface area (Å²) in [5, 5.41) is 14.6. The maximum absolute atomic E-state index is 12.7. The minimum absolute atomic E-state index is 0. The summed E-state index contributed by atoms with van der Waals surface area (Å²) in [6.07, 6.45) is 2.01. The molecule has 3 heterocycles. The van der Waals surface area contributed by atoms with Crippen molar-refractivity contribution < 1.29 is 23.0 Å². The third-order valence-corrected chi connectivity index (χ3v) is 4.54. The van der Waals surface area contributed by atoms with Crippen molar-refractivity contribution in [3.05, 3.63) is 29.3 Å². The first-order valence-corrected chi connectivity index (χ1v) is 8.87. The molecule has 0 saturated carbocycles. The summed E-state index contributed by atoms with van der Waals surface area (Å²) in [4.78, 5) is 4.15. The molecule has 0 amide bonds. The second kappa shape index (κ2) is 9.41. The molecule has 2 aliphatic heterocycles. The molecule has 1 aromatic carbocycles. The summed E-state index contributed by atoms with van der Waals surface area (Å²) in [6, 6.07) is 3.02. The normalized spacial score (nSPS) is 14.6. The van der Waals surface area contributed by atoms with Crippen LogP contribution in [0.5, 0.6) is 17.2 Å². The highest BCUT2D eigenvalue weighted by molar-refractivity contribution is 14.0. The van der Waals surface area contributed by atoms with E-state index >= 15 is 0 Å². The largest absolute Gasteiger partial charge is 0.454 e. The van der Waals surface area contributed by atoms with Gasteiger partial charge in [0.2, 0.25) is 6.79 Å². The molecule has 2 N–H and O–H groups in total. The third kappa shape index (κ3) is 4.79. The molecule has 29 heavy (non-hydrogen) atoms. The molecule has 2 aliphatic rings. The molecule has 1 aromatic heterocycles. The van der Waals surface area contributed by atoms with E-state index in [4.69, 9.17) is 9.47 Å². The lowest BCUT2D eigenvalue weighted by molar-refractivity contribution is -0.0505. The van der Waals surface area contributed by atoms with Crippen LogP contribution >= 0.6 is 24.0 Å². The van der Waals surface area contributed by atoms with Crippen LogP contribution in [0.1, 0.15) is 23.6 Å².